The number of rotatable bonds is 6. The quantitative estimate of drug-likeness (QED) is 0.807. The first-order valence-corrected chi connectivity index (χ1v) is 6.65. The Morgan fingerprint density at radius 3 is 2.86 bits per heavy atom. The van der Waals surface area contributed by atoms with Gasteiger partial charge in [0.25, 0.3) is 11.5 Å². The van der Waals surface area contributed by atoms with Crippen LogP contribution < -0.4 is 15.6 Å². The van der Waals surface area contributed by atoms with E-state index in [1.54, 1.807) is 30.5 Å². The summed E-state index contributed by atoms with van der Waals surface area (Å²) in [5.74, 6) is 0.344. The predicted octanol–water partition coefficient (Wildman–Crippen LogP) is 1.07. The Morgan fingerprint density at radius 2 is 2.10 bits per heavy atom. The van der Waals surface area contributed by atoms with Gasteiger partial charge in [-0.05, 0) is 24.6 Å². The second-order valence-corrected chi connectivity index (χ2v) is 4.39. The van der Waals surface area contributed by atoms with Gasteiger partial charge in [0.1, 0.15) is 5.75 Å². The van der Waals surface area contributed by atoms with Crippen molar-refractivity contribution in [3.63, 3.8) is 0 Å². The molecule has 0 aliphatic carbocycles. The van der Waals surface area contributed by atoms with Crippen LogP contribution in [-0.2, 0) is 6.54 Å². The molecular formula is C15H17N3O3. The summed E-state index contributed by atoms with van der Waals surface area (Å²) in [4.78, 5) is 23.5. The lowest BCUT2D eigenvalue weighted by molar-refractivity contribution is 0.0949. The smallest absolute Gasteiger partial charge is 0.266 e. The van der Waals surface area contributed by atoms with Gasteiger partial charge >= 0.3 is 0 Å². The topological polar surface area (TPSA) is 73.2 Å². The van der Waals surface area contributed by atoms with Crippen LogP contribution in [0.5, 0.6) is 5.75 Å². The molecule has 2 aromatic rings. The molecule has 1 aromatic heterocycles. The van der Waals surface area contributed by atoms with Crippen molar-refractivity contribution in [1.82, 2.24) is 15.1 Å². The number of ether oxygens (including phenoxy) is 1. The molecule has 0 saturated carbocycles. The van der Waals surface area contributed by atoms with Crippen LogP contribution in [0.2, 0.25) is 0 Å². The summed E-state index contributed by atoms with van der Waals surface area (Å²) in [5.41, 5.74) is 0.351. The van der Waals surface area contributed by atoms with Crippen molar-refractivity contribution in [3.05, 3.63) is 58.5 Å². The standard InChI is InChI=1S/C15H17N3O3/c1-21-13-7-3-2-6-12(13)15(20)16-9-5-11-18-14(19)8-4-10-17-18/h2-4,6-8,10H,5,9,11H2,1H3,(H,16,20). The van der Waals surface area contributed by atoms with Gasteiger partial charge in [-0.1, -0.05) is 12.1 Å². The second-order valence-electron chi connectivity index (χ2n) is 4.39. The maximum absolute atomic E-state index is 12.0. The number of amides is 1. The molecule has 0 aliphatic rings. The summed E-state index contributed by atoms with van der Waals surface area (Å²) in [6.45, 7) is 0.922. The molecule has 1 amide bonds. The fraction of sp³-hybridized carbons (Fsp3) is 0.267. The molecule has 6 nitrogen and oxygen atoms in total. The average molecular weight is 287 g/mol. The molecule has 1 heterocycles. The van der Waals surface area contributed by atoms with E-state index in [1.807, 2.05) is 6.07 Å². The highest BCUT2D eigenvalue weighted by Gasteiger charge is 2.10. The number of para-hydroxylation sites is 1. The third-order valence-electron chi connectivity index (χ3n) is 2.97. The van der Waals surface area contributed by atoms with Crippen molar-refractivity contribution in [2.45, 2.75) is 13.0 Å². The molecule has 2 rings (SSSR count). The lowest BCUT2D eigenvalue weighted by Crippen LogP contribution is -2.28. The fourth-order valence-corrected chi connectivity index (χ4v) is 1.91. The van der Waals surface area contributed by atoms with Gasteiger partial charge in [-0.2, -0.15) is 5.10 Å². The molecule has 110 valence electrons. The summed E-state index contributed by atoms with van der Waals surface area (Å²) in [6.07, 6.45) is 2.19. The zero-order valence-electron chi connectivity index (χ0n) is 11.8. The molecule has 0 fully saturated rings. The van der Waals surface area contributed by atoms with Gasteiger partial charge < -0.3 is 10.1 Å². The number of carbonyl (C=O) groups excluding carboxylic acids is 1. The van der Waals surface area contributed by atoms with Crippen molar-refractivity contribution in [2.24, 2.45) is 0 Å². The number of hydrogen-bond acceptors (Lipinski definition) is 4. The predicted molar refractivity (Wildman–Crippen MR) is 78.4 cm³/mol. The first kappa shape index (κ1) is 14.8. The summed E-state index contributed by atoms with van der Waals surface area (Å²) >= 11 is 0. The first-order chi connectivity index (χ1) is 10.2. The van der Waals surface area contributed by atoms with E-state index >= 15 is 0 Å². The minimum absolute atomic E-state index is 0.145. The van der Waals surface area contributed by atoms with Gasteiger partial charge in [-0.15, -0.1) is 0 Å². The highest BCUT2D eigenvalue weighted by molar-refractivity contribution is 5.96. The molecule has 1 aromatic carbocycles. The van der Waals surface area contributed by atoms with Crippen LogP contribution in [0.4, 0.5) is 0 Å². The van der Waals surface area contributed by atoms with Crippen LogP contribution in [0.15, 0.2) is 47.4 Å². The van der Waals surface area contributed by atoms with Crippen LogP contribution in [0.25, 0.3) is 0 Å². The van der Waals surface area contributed by atoms with Crippen LogP contribution in [0.3, 0.4) is 0 Å². The Bertz CT molecular complexity index is 667. The number of methoxy groups -OCH3 is 1. The third kappa shape index (κ3) is 3.92. The van der Waals surface area contributed by atoms with Crippen LogP contribution >= 0.6 is 0 Å². The first-order valence-electron chi connectivity index (χ1n) is 6.65. The van der Waals surface area contributed by atoms with Crippen molar-refractivity contribution >= 4 is 5.91 Å². The van der Waals surface area contributed by atoms with Gasteiger partial charge in [-0.3, -0.25) is 9.59 Å². The van der Waals surface area contributed by atoms with Crippen LogP contribution in [-0.4, -0.2) is 29.3 Å². The van der Waals surface area contributed by atoms with E-state index in [0.29, 0.717) is 30.8 Å². The van der Waals surface area contributed by atoms with E-state index in [-0.39, 0.29) is 11.5 Å². The van der Waals surface area contributed by atoms with Gasteiger partial charge in [0, 0.05) is 25.4 Å². The molecule has 1 N–H and O–H groups in total. The normalized spacial score (nSPS) is 10.1. The lowest BCUT2D eigenvalue weighted by Gasteiger charge is -2.09. The van der Waals surface area contributed by atoms with Gasteiger partial charge in [0.15, 0.2) is 0 Å². The minimum atomic E-state index is -0.194. The largest absolute Gasteiger partial charge is 0.496 e. The van der Waals surface area contributed by atoms with Gasteiger partial charge in [0.2, 0.25) is 0 Å². The van der Waals surface area contributed by atoms with Crippen molar-refractivity contribution < 1.29 is 9.53 Å². The third-order valence-corrected chi connectivity index (χ3v) is 2.97. The molecule has 0 radical (unpaired) electrons. The molecule has 0 unspecified atom stereocenters. The number of nitrogens with one attached hydrogen (secondary N) is 1. The molecule has 21 heavy (non-hydrogen) atoms. The second kappa shape index (κ2) is 7.23. The Kier molecular flexibility index (Phi) is 5.09. The Balaban J connectivity index is 1.85. The summed E-state index contributed by atoms with van der Waals surface area (Å²) in [5, 5.41) is 6.75. The van der Waals surface area contributed by atoms with E-state index < -0.39 is 0 Å². The molecule has 0 bridgehead atoms. The Hall–Kier alpha value is -2.63. The van der Waals surface area contributed by atoms with Crippen molar-refractivity contribution in [2.75, 3.05) is 13.7 Å². The van der Waals surface area contributed by atoms with E-state index in [4.69, 9.17) is 4.74 Å². The number of benzene rings is 1. The lowest BCUT2D eigenvalue weighted by atomic mass is 10.2. The number of aromatic nitrogens is 2. The highest BCUT2D eigenvalue weighted by atomic mass is 16.5. The van der Waals surface area contributed by atoms with Crippen molar-refractivity contribution in [1.29, 1.82) is 0 Å². The molecule has 0 aliphatic heterocycles. The van der Waals surface area contributed by atoms with Crippen LogP contribution in [0.1, 0.15) is 16.8 Å². The zero-order chi connectivity index (χ0) is 15.1. The van der Waals surface area contributed by atoms with E-state index in [1.165, 1.54) is 17.9 Å². The minimum Gasteiger partial charge on any atom is -0.496 e. The molecule has 0 atom stereocenters. The average Bonchev–Trinajstić information content (AvgIpc) is 2.52. The molecular weight excluding hydrogens is 270 g/mol. The fourth-order valence-electron chi connectivity index (χ4n) is 1.91. The molecule has 0 saturated heterocycles. The van der Waals surface area contributed by atoms with Crippen LogP contribution in [0, 0.1) is 0 Å². The highest BCUT2D eigenvalue weighted by Crippen LogP contribution is 2.16. The molecule has 6 heteroatoms. The Morgan fingerprint density at radius 1 is 1.29 bits per heavy atom. The van der Waals surface area contributed by atoms with Gasteiger partial charge in [0.05, 0.1) is 12.7 Å². The summed E-state index contributed by atoms with van der Waals surface area (Å²) < 4.78 is 6.51. The zero-order valence-corrected chi connectivity index (χ0v) is 11.8. The number of nitrogens with zero attached hydrogens (tertiary/aromatic N) is 2. The maximum Gasteiger partial charge on any atom is 0.266 e. The number of aryl methyl sites for hydroxylation is 1. The van der Waals surface area contributed by atoms with E-state index in [9.17, 15) is 9.59 Å². The van der Waals surface area contributed by atoms with E-state index in [0.717, 1.165) is 0 Å². The number of carbonyl (C=O) groups is 1. The number of hydrogen-bond donors (Lipinski definition) is 1. The molecule has 0 spiro atoms. The van der Waals surface area contributed by atoms with Crippen molar-refractivity contribution in [3.8, 4) is 5.75 Å². The summed E-state index contributed by atoms with van der Waals surface area (Å²) in [6, 6.07) is 10.1. The summed E-state index contributed by atoms with van der Waals surface area (Å²) in [7, 11) is 1.53. The SMILES string of the molecule is COc1ccccc1C(=O)NCCCn1ncccc1=O. The van der Waals surface area contributed by atoms with E-state index in [2.05, 4.69) is 10.4 Å². The maximum atomic E-state index is 12.0. The Labute approximate surface area is 122 Å². The van der Waals surface area contributed by atoms with Gasteiger partial charge in [-0.25, -0.2) is 4.68 Å². The monoisotopic (exact) mass is 287 g/mol.